The molecule has 0 aliphatic heterocycles. The summed E-state index contributed by atoms with van der Waals surface area (Å²) in [5.41, 5.74) is 1.03. The second kappa shape index (κ2) is 7.08. The maximum absolute atomic E-state index is 13.2. The van der Waals surface area contributed by atoms with Gasteiger partial charge in [-0.15, -0.1) is 0 Å². The standard InChI is InChI=1S/C17H9ClF3N3O.Na.H/c18-15-8-14(25-24-15)16-22-12-6-5-9(7-13(12)23-16)10-3-1-2-4-11(10)17(19,20)21;;/h1-8H,(H,22,23);;/q;+1;-1. The van der Waals surface area contributed by atoms with Crippen LogP contribution in [0, 0.1) is 0 Å². The van der Waals surface area contributed by atoms with Crippen molar-refractivity contribution in [2.24, 2.45) is 0 Å². The minimum absolute atomic E-state index is 0. The van der Waals surface area contributed by atoms with Crippen LogP contribution in [0.4, 0.5) is 13.2 Å². The van der Waals surface area contributed by atoms with Crippen LogP contribution in [0.3, 0.4) is 0 Å². The molecule has 4 nitrogen and oxygen atoms in total. The Labute approximate surface area is 174 Å². The number of fused-ring (bicyclic) bond motifs is 1. The van der Waals surface area contributed by atoms with E-state index < -0.39 is 11.7 Å². The van der Waals surface area contributed by atoms with Crippen molar-refractivity contribution in [2.75, 3.05) is 0 Å². The molecule has 0 saturated heterocycles. The third-order valence-corrected chi connectivity index (χ3v) is 3.92. The summed E-state index contributed by atoms with van der Waals surface area (Å²) in [5.74, 6) is 0.745. The number of imidazole rings is 1. The average Bonchev–Trinajstić information content (AvgIpc) is 3.19. The molecule has 0 atom stereocenters. The molecule has 0 radical (unpaired) electrons. The normalized spacial score (nSPS) is 11.5. The molecule has 0 bridgehead atoms. The molecule has 2 aromatic carbocycles. The third kappa shape index (κ3) is 3.53. The monoisotopic (exact) mass is 387 g/mol. The van der Waals surface area contributed by atoms with E-state index in [0.717, 1.165) is 6.07 Å². The van der Waals surface area contributed by atoms with Crippen molar-refractivity contribution in [1.29, 1.82) is 0 Å². The van der Waals surface area contributed by atoms with Crippen LogP contribution in [0.5, 0.6) is 0 Å². The van der Waals surface area contributed by atoms with Gasteiger partial charge in [-0.3, -0.25) is 0 Å². The van der Waals surface area contributed by atoms with E-state index in [-0.39, 0.29) is 41.7 Å². The third-order valence-electron chi connectivity index (χ3n) is 3.74. The molecule has 2 aromatic heterocycles. The van der Waals surface area contributed by atoms with Crippen molar-refractivity contribution in [3.8, 4) is 22.7 Å². The summed E-state index contributed by atoms with van der Waals surface area (Å²) in [6.45, 7) is 0. The average molecular weight is 388 g/mol. The van der Waals surface area contributed by atoms with Crippen LogP contribution in [0.2, 0.25) is 5.15 Å². The van der Waals surface area contributed by atoms with E-state index in [1.54, 1.807) is 24.3 Å². The Morgan fingerprint density at radius 3 is 2.54 bits per heavy atom. The van der Waals surface area contributed by atoms with Gasteiger partial charge in [0.15, 0.2) is 11.0 Å². The number of aromatic nitrogens is 3. The SMILES string of the molecule is FC(F)(F)c1ccccc1-c1ccc2nc(-c3cc(Cl)no3)[nH]c2c1.[H-].[Na+]. The number of aromatic amines is 1. The molecule has 0 aliphatic carbocycles. The molecule has 0 amide bonds. The van der Waals surface area contributed by atoms with E-state index in [2.05, 4.69) is 15.1 Å². The van der Waals surface area contributed by atoms with Gasteiger partial charge >= 0.3 is 35.7 Å². The molecule has 2 heterocycles. The van der Waals surface area contributed by atoms with Crippen molar-refractivity contribution >= 4 is 22.6 Å². The topological polar surface area (TPSA) is 54.7 Å². The number of hydrogen-bond donors (Lipinski definition) is 1. The van der Waals surface area contributed by atoms with Crippen molar-refractivity contribution < 1.29 is 48.7 Å². The van der Waals surface area contributed by atoms with Gasteiger partial charge in [-0.25, -0.2) is 4.98 Å². The van der Waals surface area contributed by atoms with Crippen LogP contribution in [-0.4, -0.2) is 15.1 Å². The van der Waals surface area contributed by atoms with Gasteiger partial charge in [-0.2, -0.15) is 13.2 Å². The van der Waals surface area contributed by atoms with Crippen LogP contribution < -0.4 is 29.6 Å². The van der Waals surface area contributed by atoms with Gasteiger partial charge < -0.3 is 10.9 Å². The van der Waals surface area contributed by atoms with Gasteiger partial charge in [-0.1, -0.05) is 41.0 Å². The Hall–Kier alpha value is -1.80. The first-order chi connectivity index (χ1) is 11.9. The van der Waals surface area contributed by atoms with Gasteiger partial charge in [0, 0.05) is 6.07 Å². The minimum atomic E-state index is -4.43. The second-order valence-corrected chi connectivity index (χ2v) is 5.76. The Bertz CT molecular complexity index is 1080. The quantitative estimate of drug-likeness (QED) is 0.538. The summed E-state index contributed by atoms with van der Waals surface area (Å²) in [5, 5.41) is 3.76. The predicted molar refractivity (Wildman–Crippen MR) is 88.2 cm³/mol. The van der Waals surface area contributed by atoms with E-state index in [4.69, 9.17) is 16.1 Å². The summed E-state index contributed by atoms with van der Waals surface area (Å²) in [4.78, 5) is 7.34. The Kier molecular flexibility index (Phi) is 5.16. The Morgan fingerprint density at radius 2 is 1.85 bits per heavy atom. The van der Waals surface area contributed by atoms with E-state index in [9.17, 15) is 13.2 Å². The molecule has 128 valence electrons. The largest absolute Gasteiger partial charge is 1.00 e. The molecule has 26 heavy (non-hydrogen) atoms. The van der Waals surface area contributed by atoms with Crippen molar-refractivity contribution in [2.45, 2.75) is 6.18 Å². The van der Waals surface area contributed by atoms with Gasteiger partial charge in [-0.05, 0) is 29.3 Å². The van der Waals surface area contributed by atoms with Crippen LogP contribution in [0.1, 0.15) is 6.99 Å². The number of nitrogens with one attached hydrogen (secondary N) is 1. The Morgan fingerprint density at radius 1 is 1.08 bits per heavy atom. The zero-order chi connectivity index (χ0) is 17.6. The fraction of sp³-hybridized carbons (Fsp3) is 0.0588. The van der Waals surface area contributed by atoms with Crippen LogP contribution >= 0.6 is 11.6 Å². The molecule has 0 aliphatic rings. The van der Waals surface area contributed by atoms with E-state index in [0.29, 0.717) is 28.2 Å². The predicted octanol–water partition coefficient (Wildman–Crippen LogP) is 2.67. The number of nitrogens with zero attached hydrogens (tertiary/aromatic N) is 2. The molecule has 0 saturated carbocycles. The number of H-pyrrole nitrogens is 1. The van der Waals surface area contributed by atoms with Crippen molar-refractivity contribution in [1.82, 2.24) is 15.1 Å². The molecule has 0 fully saturated rings. The zero-order valence-electron chi connectivity index (χ0n) is 14.4. The van der Waals surface area contributed by atoms with Crippen molar-refractivity contribution in [3.05, 3.63) is 59.2 Å². The van der Waals surface area contributed by atoms with Crippen LogP contribution in [0.15, 0.2) is 53.1 Å². The number of alkyl halides is 3. The van der Waals surface area contributed by atoms with E-state index in [1.807, 2.05) is 0 Å². The molecular weight excluding hydrogens is 378 g/mol. The summed E-state index contributed by atoms with van der Waals surface area (Å²) in [6, 6.07) is 11.8. The number of halogens is 4. The van der Waals surface area contributed by atoms with Crippen LogP contribution in [0.25, 0.3) is 33.7 Å². The van der Waals surface area contributed by atoms with Gasteiger partial charge in [0.05, 0.1) is 16.6 Å². The maximum atomic E-state index is 13.2. The molecule has 0 spiro atoms. The van der Waals surface area contributed by atoms with Gasteiger partial charge in [0.25, 0.3) is 0 Å². The minimum Gasteiger partial charge on any atom is -1.00 e. The first kappa shape index (κ1) is 19.0. The maximum Gasteiger partial charge on any atom is 1.00 e. The number of rotatable bonds is 2. The van der Waals surface area contributed by atoms with E-state index in [1.165, 1.54) is 18.2 Å². The molecule has 0 unspecified atom stereocenters. The number of hydrogen-bond acceptors (Lipinski definition) is 3. The smallest absolute Gasteiger partial charge is 1.00 e. The molecular formula is C17H10ClF3N3NaO. The first-order valence-electron chi connectivity index (χ1n) is 7.21. The van der Waals surface area contributed by atoms with Gasteiger partial charge in [0.2, 0.25) is 5.76 Å². The fourth-order valence-corrected chi connectivity index (χ4v) is 2.77. The molecule has 9 heteroatoms. The summed E-state index contributed by atoms with van der Waals surface area (Å²) in [7, 11) is 0. The van der Waals surface area contributed by atoms with E-state index >= 15 is 0 Å². The van der Waals surface area contributed by atoms with Crippen LogP contribution in [-0.2, 0) is 6.18 Å². The summed E-state index contributed by atoms with van der Waals surface area (Å²) < 4.78 is 44.7. The molecule has 1 N–H and O–H groups in total. The summed E-state index contributed by atoms with van der Waals surface area (Å²) >= 11 is 5.72. The second-order valence-electron chi connectivity index (χ2n) is 5.37. The molecule has 4 rings (SSSR count). The number of benzene rings is 2. The molecule has 4 aromatic rings. The Balaban J connectivity index is 0.00000131. The fourth-order valence-electron chi connectivity index (χ4n) is 2.64. The van der Waals surface area contributed by atoms with Crippen molar-refractivity contribution in [3.63, 3.8) is 0 Å². The first-order valence-corrected chi connectivity index (χ1v) is 7.58. The summed E-state index contributed by atoms with van der Waals surface area (Å²) in [6.07, 6.45) is -4.43. The van der Waals surface area contributed by atoms with Gasteiger partial charge in [0.1, 0.15) is 0 Å². The zero-order valence-corrected chi connectivity index (χ0v) is 16.2.